The molecule has 1 aromatic rings. The SMILES string of the molecule is CSc1ccc(C(=O)OCC(=O)NC2(C#N)CCCCC2)cc1[N+](=O)[O-]. The van der Waals surface area contributed by atoms with E-state index in [1.807, 2.05) is 0 Å². The highest BCUT2D eigenvalue weighted by Gasteiger charge is 2.33. The van der Waals surface area contributed by atoms with Crippen LogP contribution in [0.25, 0.3) is 0 Å². The lowest BCUT2D eigenvalue weighted by Crippen LogP contribution is -2.50. The molecule has 0 atom stereocenters. The van der Waals surface area contributed by atoms with E-state index in [0.29, 0.717) is 17.7 Å². The molecule has 1 fully saturated rings. The van der Waals surface area contributed by atoms with Gasteiger partial charge < -0.3 is 10.1 Å². The predicted octanol–water partition coefficient (Wildman–Crippen LogP) is 2.82. The number of thioether (sulfide) groups is 1. The van der Waals surface area contributed by atoms with Crippen molar-refractivity contribution in [3.05, 3.63) is 33.9 Å². The first-order chi connectivity index (χ1) is 12.4. The van der Waals surface area contributed by atoms with Crippen molar-refractivity contribution in [3.63, 3.8) is 0 Å². The molecule has 0 spiro atoms. The fraction of sp³-hybridized carbons (Fsp3) is 0.471. The Balaban J connectivity index is 1.98. The van der Waals surface area contributed by atoms with Crippen molar-refractivity contribution in [1.82, 2.24) is 5.32 Å². The molecule has 1 aromatic carbocycles. The summed E-state index contributed by atoms with van der Waals surface area (Å²) in [5.41, 5.74) is -1.10. The average molecular weight is 377 g/mol. The quantitative estimate of drug-likeness (QED) is 0.350. The number of nitriles is 1. The second kappa shape index (κ2) is 8.67. The van der Waals surface area contributed by atoms with Gasteiger partial charge in [-0.2, -0.15) is 5.26 Å². The Kier molecular flexibility index (Phi) is 6.58. The Morgan fingerprint density at radius 3 is 2.65 bits per heavy atom. The Labute approximate surface area is 155 Å². The zero-order valence-corrected chi connectivity index (χ0v) is 15.1. The number of hydrogen-bond acceptors (Lipinski definition) is 7. The maximum absolute atomic E-state index is 12.1. The van der Waals surface area contributed by atoms with Gasteiger partial charge in [-0.3, -0.25) is 14.9 Å². The molecular formula is C17H19N3O5S. The number of carbonyl (C=O) groups is 2. The number of benzene rings is 1. The molecule has 0 aliphatic heterocycles. The summed E-state index contributed by atoms with van der Waals surface area (Å²) >= 11 is 1.20. The van der Waals surface area contributed by atoms with E-state index >= 15 is 0 Å². The van der Waals surface area contributed by atoms with Crippen molar-refractivity contribution < 1.29 is 19.2 Å². The summed E-state index contributed by atoms with van der Waals surface area (Å²) < 4.78 is 4.94. The smallest absolute Gasteiger partial charge is 0.338 e. The van der Waals surface area contributed by atoms with Gasteiger partial charge in [-0.15, -0.1) is 11.8 Å². The van der Waals surface area contributed by atoms with Crippen LogP contribution in [0.15, 0.2) is 23.1 Å². The molecule has 0 saturated heterocycles. The van der Waals surface area contributed by atoms with E-state index < -0.39 is 28.9 Å². The summed E-state index contributed by atoms with van der Waals surface area (Å²) in [4.78, 5) is 35.0. The summed E-state index contributed by atoms with van der Waals surface area (Å²) in [6.07, 6.45) is 5.59. The second-order valence-corrected chi connectivity index (χ2v) is 6.87. The van der Waals surface area contributed by atoms with Crippen LogP contribution in [0.1, 0.15) is 42.5 Å². The van der Waals surface area contributed by atoms with Crippen LogP contribution in [-0.4, -0.2) is 35.2 Å². The topological polar surface area (TPSA) is 122 Å². The van der Waals surface area contributed by atoms with E-state index in [1.54, 1.807) is 6.26 Å². The van der Waals surface area contributed by atoms with E-state index in [1.165, 1.54) is 23.9 Å². The van der Waals surface area contributed by atoms with Gasteiger partial charge in [0.05, 0.1) is 21.5 Å². The Morgan fingerprint density at radius 1 is 1.38 bits per heavy atom. The van der Waals surface area contributed by atoms with Gasteiger partial charge in [-0.1, -0.05) is 19.3 Å². The fourth-order valence-corrected chi connectivity index (χ4v) is 3.44. The number of nitro groups is 1. The Bertz CT molecular complexity index is 753. The zero-order chi connectivity index (χ0) is 19.2. The summed E-state index contributed by atoms with van der Waals surface area (Å²) in [7, 11) is 0. The minimum Gasteiger partial charge on any atom is -0.452 e. The molecule has 1 saturated carbocycles. The molecule has 9 heteroatoms. The summed E-state index contributed by atoms with van der Waals surface area (Å²) in [5.74, 6) is -1.39. The molecule has 26 heavy (non-hydrogen) atoms. The highest BCUT2D eigenvalue weighted by atomic mass is 32.2. The molecule has 0 bridgehead atoms. The van der Waals surface area contributed by atoms with Crippen molar-refractivity contribution in [1.29, 1.82) is 5.26 Å². The third-order valence-electron chi connectivity index (χ3n) is 4.25. The maximum Gasteiger partial charge on any atom is 0.338 e. The standard InChI is InChI=1S/C17H19N3O5S/c1-26-14-6-5-12(9-13(14)20(23)24)16(22)25-10-15(21)19-17(11-18)7-3-2-4-8-17/h5-6,9H,2-4,7-8,10H2,1H3,(H,19,21). The van der Waals surface area contributed by atoms with Crippen LogP contribution in [0.5, 0.6) is 0 Å². The lowest BCUT2D eigenvalue weighted by molar-refractivity contribution is -0.387. The van der Waals surface area contributed by atoms with E-state index in [0.717, 1.165) is 25.3 Å². The van der Waals surface area contributed by atoms with Gasteiger partial charge in [0.25, 0.3) is 11.6 Å². The second-order valence-electron chi connectivity index (χ2n) is 6.02. The normalized spacial score (nSPS) is 15.5. The number of hydrogen-bond donors (Lipinski definition) is 1. The molecule has 1 aliphatic rings. The van der Waals surface area contributed by atoms with Crippen LogP contribution < -0.4 is 5.32 Å². The van der Waals surface area contributed by atoms with Gasteiger partial charge in [-0.25, -0.2) is 4.79 Å². The van der Waals surface area contributed by atoms with Crippen LogP contribution in [0, 0.1) is 21.4 Å². The van der Waals surface area contributed by atoms with Crippen LogP contribution in [-0.2, 0) is 9.53 Å². The van der Waals surface area contributed by atoms with Crippen molar-refractivity contribution in [3.8, 4) is 6.07 Å². The lowest BCUT2D eigenvalue weighted by atomic mass is 9.83. The van der Waals surface area contributed by atoms with E-state index in [4.69, 9.17) is 4.74 Å². The molecule has 0 heterocycles. The third-order valence-corrected chi connectivity index (χ3v) is 5.03. The first kappa shape index (κ1) is 19.7. The van der Waals surface area contributed by atoms with Crippen molar-refractivity contribution in [2.24, 2.45) is 0 Å². The molecule has 1 N–H and O–H groups in total. The van der Waals surface area contributed by atoms with Gasteiger partial charge in [0.2, 0.25) is 0 Å². The van der Waals surface area contributed by atoms with Gasteiger partial charge in [-0.05, 0) is 31.2 Å². The van der Waals surface area contributed by atoms with Crippen LogP contribution >= 0.6 is 11.8 Å². The lowest BCUT2D eigenvalue weighted by Gasteiger charge is -2.31. The van der Waals surface area contributed by atoms with Crippen molar-refractivity contribution in [2.75, 3.05) is 12.9 Å². The number of carbonyl (C=O) groups excluding carboxylic acids is 2. The van der Waals surface area contributed by atoms with Crippen LogP contribution in [0.4, 0.5) is 5.69 Å². The monoisotopic (exact) mass is 377 g/mol. The van der Waals surface area contributed by atoms with Crippen LogP contribution in [0.3, 0.4) is 0 Å². The third kappa shape index (κ3) is 4.73. The molecule has 2 rings (SSSR count). The van der Waals surface area contributed by atoms with E-state index in [2.05, 4.69) is 11.4 Å². The van der Waals surface area contributed by atoms with Gasteiger partial charge in [0.15, 0.2) is 6.61 Å². The highest BCUT2D eigenvalue weighted by Crippen LogP contribution is 2.29. The minimum absolute atomic E-state index is 0.00466. The number of ether oxygens (including phenoxy) is 1. The highest BCUT2D eigenvalue weighted by molar-refractivity contribution is 7.98. The average Bonchev–Trinajstić information content (AvgIpc) is 2.66. The van der Waals surface area contributed by atoms with Gasteiger partial charge in [0, 0.05) is 6.07 Å². The number of nitro benzene ring substituents is 1. The van der Waals surface area contributed by atoms with Crippen LogP contribution in [0.2, 0.25) is 0 Å². The predicted molar refractivity (Wildman–Crippen MR) is 94.7 cm³/mol. The number of nitrogens with zero attached hydrogens (tertiary/aromatic N) is 2. The first-order valence-electron chi connectivity index (χ1n) is 8.12. The van der Waals surface area contributed by atoms with Crippen molar-refractivity contribution >= 4 is 29.3 Å². The molecule has 0 radical (unpaired) electrons. The molecule has 0 aromatic heterocycles. The number of esters is 1. The molecule has 1 aliphatic carbocycles. The number of amides is 1. The van der Waals surface area contributed by atoms with Crippen molar-refractivity contribution in [2.45, 2.75) is 42.5 Å². The summed E-state index contributed by atoms with van der Waals surface area (Å²) in [5, 5.41) is 23.0. The fourth-order valence-electron chi connectivity index (χ4n) is 2.90. The minimum atomic E-state index is -0.902. The van der Waals surface area contributed by atoms with Gasteiger partial charge >= 0.3 is 5.97 Å². The van der Waals surface area contributed by atoms with Gasteiger partial charge in [0.1, 0.15) is 5.54 Å². The summed E-state index contributed by atoms with van der Waals surface area (Å²) in [6.45, 7) is -0.541. The Hall–Kier alpha value is -2.60. The summed E-state index contributed by atoms with van der Waals surface area (Å²) in [6, 6.07) is 6.16. The zero-order valence-electron chi connectivity index (χ0n) is 14.3. The molecule has 1 amide bonds. The first-order valence-corrected chi connectivity index (χ1v) is 9.35. The van der Waals surface area contributed by atoms with E-state index in [9.17, 15) is 25.0 Å². The molecule has 0 unspecified atom stereocenters. The molecular weight excluding hydrogens is 358 g/mol. The molecule has 8 nitrogen and oxygen atoms in total. The number of nitrogens with one attached hydrogen (secondary N) is 1. The maximum atomic E-state index is 12.1. The molecule has 138 valence electrons. The van der Waals surface area contributed by atoms with E-state index in [-0.39, 0.29) is 11.3 Å². The largest absolute Gasteiger partial charge is 0.452 e. The Morgan fingerprint density at radius 2 is 2.08 bits per heavy atom. The number of rotatable bonds is 6.